The number of aliphatic carboxylic acids is 1. The van der Waals surface area contributed by atoms with Crippen molar-refractivity contribution in [3.8, 4) is 5.75 Å². The van der Waals surface area contributed by atoms with Crippen molar-refractivity contribution in [1.29, 1.82) is 0 Å². The van der Waals surface area contributed by atoms with Crippen molar-refractivity contribution in [3.63, 3.8) is 0 Å². The number of nitrogens with zero attached hydrogens (tertiary/aromatic N) is 3. The normalized spacial score (nSPS) is 19.8. The van der Waals surface area contributed by atoms with Crippen LogP contribution in [-0.4, -0.2) is 58.3 Å². The van der Waals surface area contributed by atoms with Crippen molar-refractivity contribution < 1.29 is 24.2 Å². The number of carboxylic acid groups (broad SMARTS) is 1. The highest BCUT2D eigenvalue weighted by Gasteiger charge is 2.36. The summed E-state index contributed by atoms with van der Waals surface area (Å²) in [5.41, 5.74) is 1.02. The van der Waals surface area contributed by atoms with Gasteiger partial charge >= 0.3 is 5.97 Å². The molecule has 2 unspecified atom stereocenters. The zero-order valence-corrected chi connectivity index (χ0v) is 20.6. The van der Waals surface area contributed by atoms with Crippen molar-refractivity contribution in [2.45, 2.75) is 37.8 Å². The Kier molecular flexibility index (Phi) is 6.94. The van der Waals surface area contributed by atoms with E-state index in [-0.39, 0.29) is 11.7 Å². The van der Waals surface area contributed by atoms with E-state index in [2.05, 4.69) is 4.98 Å². The summed E-state index contributed by atoms with van der Waals surface area (Å²) in [4.78, 5) is 46.7. The number of benzene rings is 1. The smallest absolute Gasteiger partial charge is 0.320 e. The van der Waals surface area contributed by atoms with E-state index in [1.165, 1.54) is 22.7 Å². The lowest BCUT2D eigenvalue weighted by molar-refractivity contribution is -0.144. The number of para-hydroxylation sites is 1. The molecule has 1 fully saturated rings. The molecule has 0 saturated carbocycles. The Morgan fingerprint density at radius 3 is 2.80 bits per heavy atom. The van der Waals surface area contributed by atoms with Crippen LogP contribution in [0.25, 0.3) is 0 Å². The summed E-state index contributed by atoms with van der Waals surface area (Å²) < 4.78 is 5.86. The first-order valence-corrected chi connectivity index (χ1v) is 13.4. The lowest BCUT2D eigenvalue weighted by Crippen LogP contribution is -2.45. The quantitative estimate of drug-likeness (QED) is 0.475. The van der Waals surface area contributed by atoms with Crippen LogP contribution >= 0.6 is 22.7 Å². The molecular formula is C25H25N3O5S2. The standard InChI is InChI=1S/C25H25N3O5S2/c29-21-16-7-1-2-9-19(16)33-22(21)17-15-35-25(26-17)28(23(30)20-10-5-14-34-20)13-6-12-27-11-4-3-8-18(27)24(31)32/h1-2,5,7,9-10,14-15,18,22H,3-4,6,8,11-13H2,(H,31,32). The third-order valence-corrected chi connectivity index (χ3v) is 8.09. The second-order valence-electron chi connectivity index (χ2n) is 8.59. The van der Waals surface area contributed by atoms with Gasteiger partial charge in [-0.05, 0) is 49.4 Å². The molecule has 0 bridgehead atoms. The number of carbonyl (C=O) groups is 3. The first-order chi connectivity index (χ1) is 17.0. The van der Waals surface area contributed by atoms with Crippen LogP contribution in [0.15, 0.2) is 47.2 Å². The van der Waals surface area contributed by atoms with Gasteiger partial charge in [-0.1, -0.05) is 24.6 Å². The molecule has 1 saturated heterocycles. The van der Waals surface area contributed by atoms with Gasteiger partial charge in [-0.15, -0.1) is 22.7 Å². The van der Waals surface area contributed by atoms with Gasteiger partial charge in [0.15, 0.2) is 5.13 Å². The van der Waals surface area contributed by atoms with E-state index in [1.54, 1.807) is 34.5 Å². The maximum absolute atomic E-state index is 13.3. The van der Waals surface area contributed by atoms with Crippen molar-refractivity contribution in [3.05, 3.63) is 63.3 Å². The number of aromatic nitrogens is 1. The fourth-order valence-electron chi connectivity index (χ4n) is 4.60. The number of ketones is 1. The third-order valence-electron chi connectivity index (χ3n) is 6.35. The molecule has 182 valence electrons. The predicted molar refractivity (Wildman–Crippen MR) is 134 cm³/mol. The zero-order chi connectivity index (χ0) is 24.4. The van der Waals surface area contributed by atoms with E-state index in [4.69, 9.17) is 4.74 Å². The van der Waals surface area contributed by atoms with Crippen LogP contribution in [0.3, 0.4) is 0 Å². The number of thiazole rings is 1. The molecule has 5 rings (SSSR count). The van der Waals surface area contributed by atoms with Gasteiger partial charge in [-0.25, -0.2) is 4.98 Å². The molecule has 1 amide bonds. The fraction of sp³-hybridized carbons (Fsp3) is 0.360. The highest BCUT2D eigenvalue weighted by Crippen LogP contribution is 2.38. The van der Waals surface area contributed by atoms with Gasteiger partial charge in [0.25, 0.3) is 5.91 Å². The summed E-state index contributed by atoms with van der Waals surface area (Å²) >= 11 is 2.66. The van der Waals surface area contributed by atoms with Gasteiger partial charge in [0.05, 0.1) is 10.4 Å². The van der Waals surface area contributed by atoms with Crippen molar-refractivity contribution >= 4 is 45.5 Å². The maximum atomic E-state index is 13.3. The van der Waals surface area contributed by atoms with Gasteiger partial charge in [0.2, 0.25) is 11.9 Å². The molecule has 1 N–H and O–H groups in total. The average molecular weight is 512 g/mol. The summed E-state index contributed by atoms with van der Waals surface area (Å²) in [6.07, 6.45) is 2.35. The van der Waals surface area contributed by atoms with Crippen LogP contribution in [0, 0.1) is 0 Å². The number of piperidine rings is 1. The molecule has 1 aromatic carbocycles. The van der Waals surface area contributed by atoms with Gasteiger partial charge in [0, 0.05) is 18.5 Å². The number of hydrogen-bond donors (Lipinski definition) is 1. The van der Waals surface area contributed by atoms with Gasteiger partial charge in [0.1, 0.15) is 17.5 Å². The Morgan fingerprint density at radius 1 is 1.17 bits per heavy atom. The summed E-state index contributed by atoms with van der Waals surface area (Å²) in [6.45, 7) is 1.73. The lowest BCUT2D eigenvalue weighted by Gasteiger charge is -2.33. The minimum absolute atomic E-state index is 0.140. The summed E-state index contributed by atoms with van der Waals surface area (Å²) in [5.74, 6) is -0.546. The maximum Gasteiger partial charge on any atom is 0.320 e. The van der Waals surface area contributed by atoms with Crippen LogP contribution in [0.4, 0.5) is 5.13 Å². The Hall–Kier alpha value is -3.08. The molecule has 2 atom stereocenters. The fourth-order valence-corrected chi connectivity index (χ4v) is 6.13. The molecule has 0 aliphatic carbocycles. The number of carboxylic acids is 1. The minimum atomic E-state index is -0.819. The molecular weight excluding hydrogens is 486 g/mol. The molecule has 2 aromatic heterocycles. The van der Waals surface area contributed by atoms with Crippen LogP contribution in [0.1, 0.15) is 57.5 Å². The number of hydrogen-bond acceptors (Lipinski definition) is 8. The molecule has 2 aliphatic rings. The Balaban J connectivity index is 1.33. The highest BCUT2D eigenvalue weighted by molar-refractivity contribution is 7.14. The Labute approximate surface area is 210 Å². The number of Topliss-reactive ketones (excluding diaryl/α,β-unsaturated/α-hetero) is 1. The molecule has 4 heterocycles. The third kappa shape index (κ3) is 4.86. The first kappa shape index (κ1) is 23.7. The zero-order valence-electron chi connectivity index (χ0n) is 19.0. The number of amides is 1. The molecule has 8 nitrogen and oxygen atoms in total. The van der Waals surface area contributed by atoms with E-state index in [0.29, 0.717) is 52.9 Å². The van der Waals surface area contributed by atoms with E-state index >= 15 is 0 Å². The van der Waals surface area contributed by atoms with Crippen molar-refractivity contribution in [2.75, 3.05) is 24.5 Å². The molecule has 0 spiro atoms. The van der Waals surface area contributed by atoms with Crippen LogP contribution < -0.4 is 9.64 Å². The highest BCUT2D eigenvalue weighted by atomic mass is 32.1. The number of carbonyl (C=O) groups excluding carboxylic acids is 2. The van der Waals surface area contributed by atoms with Crippen molar-refractivity contribution in [2.24, 2.45) is 0 Å². The molecule has 2 aliphatic heterocycles. The van der Waals surface area contributed by atoms with Crippen molar-refractivity contribution in [1.82, 2.24) is 9.88 Å². The molecule has 10 heteroatoms. The van der Waals surface area contributed by atoms with Crippen LogP contribution in [0.2, 0.25) is 0 Å². The summed E-state index contributed by atoms with van der Waals surface area (Å²) in [6, 6.07) is 10.3. The summed E-state index contributed by atoms with van der Waals surface area (Å²) in [5, 5.41) is 13.7. The van der Waals surface area contributed by atoms with Gasteiger partial charge in [-0.3, -0.25) is 24.2 Å². The largest absolute Gasteiger partial charge is 0.480 e. The number of thiophene rings is 1. The van der Waals surface area contributed by atoms with E-state index in [0.717, 1.165) is 19.4 Å². The second-order valence-corrected chi connectivity index (χ2v) is 10.4. The molecule has 35 heavy (non-hydrogen) atoms. The van der Waals surface area contributed by atoms with Gasteiger partial charge < -0.3 is 9.84 Å². The van der Waals surface area contributed by atoms with E-state index < -0.39 is 18.1 Å². The van der Waals surface area contributed by atoms with E-state index in [1.807, 2.05) is 22.4 Å². The molecule has 0 radical (unpaired) electrons. The Morgan fingerprint density at radius 2 is 2.03 bits per heavy atom. The van der Waals surface area contributed by atoms with Crippen LogP contribution in [-0.2, 0) is 4.79 Å². The number of fused-ring (bicyclic) bond motifs is 1. The molecule has 3 aromatic rings. The topological polar surface area (TPSA) is 100 Å². The number of ether oxygens (including phenoxy) is 1. The minimum Gasteiger partial charge on any atom is -0.480 e. The number of anilines is 1. The van der Waals surface area contributed by atoms with Crippen LogP contribution in [0.5, 0.6) is 5.75 Å². The average Bonchev–Trinajstić information content (AvgIpc) is 3.63. The second kappa shape index (κ2) is 10.3. The SMILES string of the molecule is O=C1c2ccccc2OC1c1csc(N(CCCN2CCCCC2C(=O)O)C(=O)c2cccs2)n1. The lowest BCUT2D eigenvalue weighted by atomic mass is 10.0. The number of likely N-dealkylation sites (tertiary alicyclic amines) is 1. The first-order valence-electron chi connectivity index (χ1n) is 11.6. The van der Waals surface area contributed by atoms with Gasteiger partial charge in [-0.2, -0.15) is 0 Å². The number of rotatable bonds is 8. The van der Waals surface area contributed by atoms with E-state index in [9.17, 15) is 19.5 Å². The summed E-state index contributed by atoms with van der Waals surface area (Å²) in [7, 11) is 0. The predicted octanol–water partition coefficient (Wildman–Crippen LogP) is 4.50. The monoisotopic (exact) mass is 511 g/mol. The Bertz CT molecular complexity index is 1230.